The van der Waals surface area contributed by atoms with Crippen molar-refractivity contribution in [2.24, 2.45) is 5.41 Å². The van der Waals surface area contributed by atoms with Crippen LogP contribution in [0.25, 0.3) is 0 Å². The van der Waals surface area contributed by atoms with Crippen LogP contribution >= 0.6 is 0 Å². The summed E-state index contributed by atoms with van der Waals surface area (Å²) < 4.78 is 0. The molecule has 2 rings (SSSR count). The number of carbonyl (C=O) groups is 1. The van der Waals surface area contributed by atoms with Gasteiger partial charge in [0.25, 0.3) is 0 Å². The predicted molar refractivity (Wildman–Crippen MR) is 79.4 cm³/mol. The second-order valence-electron chi connectivity index (χ2n) is 6.29. The summed E-state index contributed by atoms with van der Waals surface area (Å²) in [7, 11) is 0. The van der Waals surface area contributed by atoms with E-state index in [1.54, 1.807) is 0 Å². The molecule has 0 bridgehead atoms. The summed E-state index contributed by atoms with van der Waals surface area (Å²) in [6.07, 6.45) is 2.23. The van der Waals surface area contributed by atoms with E-state index in [1.807, 2.05) is 19.1 Å². The van der Waals surface area contributed by atoms with Crippen molar-refractivity contribution in [2.75, 3.05) is 11.9 Å². The van der Waals surface area contributed by atoms with Gasteiger partial charge in [0.1, 0.15) is 0 Å². The van der Waals surface area contributed by atoms with Crippen molar-refractivity contribution in [1.29, 1.82) is 0 Å². The quantitative estimate of drug-likeness (QED) is 0.858. The van der Waals surface area contributed by atoms with Crippen molar-refractivity contribution in [3.8, 4) is 0 Å². The molecule has 3 nitrogen and oxygen atoms in total. The van der Waals surface area contributed by atoms with E-state index in [2.05, 4.69) is 37.5 Å². The molecule has 2 N–H and O–H groups in total. The second kappa shape index (κ2) is 5.33. The highest BCUT2D eigenvalue weighted by Crippen LogP contribution is 2.31. The van der Waals surface area contributed by atoms with E-state index in [4.69, 9.17) is 0 Å². The zero-order valence-electron chi connectivity index (χ0n) is 12.3. The molecule has 1 aromatic rings. The van der Waals surface area contributed by atoms with Gasteiger partial charge in [-0.1, -0.05) is 31.5 Å². The first-order chi connectivity index (χ1) is 8.90. The monoisotopic (exact) mass is 260 g/mol. The summed E-state index contributed by atoms with van der Waals surface area (Å²) >= 11 is 0. The number of aryl methyl sites for hydroxylation is 2. The van der Waals surface area contributed by atoms with Gasteiger partial charge < -0.3 is 10.6 Å². The van der Waals surface area contributed by atoms with Crippen LogP contribution < -0.4 is 10.6 Å². The maximum Gasteiger partial charge on any atom is 0.242 e. The Kier molecular flexibility index (Phi) is 3.95. The molecule has 1 fully saturated rings. The molecule has 1 saturated heterocycles. The number of hydrogen-bond acceptors (Lipinski definition) is 2. The van der Waals surface area contributed by atoms with Gasteiger partial charge in [0, 0.05) is 5.69 Å². The third-order valence-electron chi connectivity index (χ3n) is 4.03. The Bertz CT molecular complexity index is 480. The molecule has 1 aromatic carbocycles. The fraction of sp³-hybridized carbons (Fsp3) is 0.562. The van der Waals surface area contributed by atoms with Crippen molar-refractivity contribution in [2.45, 2.75) is 46.6 Å². The van der Waals surface area contributed by atoms with E-state index in [1.165, 1.54) is 5.56 Å². The molecular formula is C16H24N2O. The standard InChI is InChI=1S/C16H24N2O/c1-11-6-7-13(12(2)10-11)18-15(19)14-16(3,4)8-5-9-17-14/h6-7,10,14,17H,5,8-9H2,1-4H3,(H,18,19). The molecule has 0 aliphatic carbocycles. The topological polar surface area (TPSA) is 41.1 Å². The zero-order valence-corrected chi connectivity index (χ0v) is 12.3. The van der Waals surface area contributed by atoms with E-state index in [0.29, 0.717) is 0 Å². The minimum absolute atomic E-state index is 0.0148. The first-order valence-corrected chi connectivity index (χ1v) is 7.02. The summed E-state index contributed by atoms with van der Waals surface area (Å²) in [5.41, 5.74) is 3.26. The predicted octanol–water partition coefficient (Wildman–Crippen LogP) is 3.02. The molecule has 1 heterocycles. The lowest BCUT2D eigenvalue weighted by Crippen LogP contribution is -2.53. The first kappa shape index (κ1) is 14.1. The fourth-order valence-corrected chi connectivity index (χ4v) is 2.82. The lowest BCUT2D eigenvalue weighted by molar-refractivity contribution is -0.121. The van der Waals surface area contributed by atoms with Crippen molar-refractivity contribution in [3.63, 3.8) is 0 Å². The Morgan fingerprint density at radius 2 is 2.11 bits per heavy atom. The van der Waals surface area contributed by atoms with Crippen molar-refractivity contribution >= 4 is 11.6 Å². The van der Waals surface area contributed by atoms with Crippen molar-refractivity contribution in [3.05, 3.63) is 29.3 Å². The third kappa shape index (κ3) is 3.16. The average molecular weight is 260 g/mol. The number of hydrogen-bond donors (Lipinski definition) is 2. The van der Waals surface area contributed by atoms with E-state index in [-0.39, 0.29) is 17.4 Å². The minimum Gasteiger partial charge on any atom is -0.324 e. The van der Waals surface area contributed by atoms with E-state index in [9.17, 15) is 4.79 Å². The lowest BCUT2D eigenvalue weighted by Gasteiger charge is -2.38. The molecule has 3 heteroatoms. The number of carbonyl (C=O) groups excluding carboxylic acids is 1. The molecule has 1 aliphatic rings. The number of anilines is 1. The van der Waals surface area contributed by atoms with Crippen LogP contribution in [0.2, 0.25) is 0 Å². The molecule has 1 amide bonds. The molecule has 19 heavy (non-hydrogen) atoms. The van der Waals surface area contributed by atoms with E-state index >= 15 is 0 Å². The van der Waals surface area contributed by atoms with Crippen LogP contribution in [0.3, 0.4) is 0 Å². The van der Waals surface area contributed by atoms with Crippen LogP contribution in [0.15, 0.2) is 18.2 Å². The summed E-state index contributed by atoms with van der Waals surface area (Å²) in [5, 5.41) is 6.41. The summed E-state index contributed by atoms with van der Waals surface area (Å²) in [6, 6.07) is 6.00. The van der Waals surface area contributed by atoms with Gasteiger partial charge in [-0.2, -0.15) is 0 Å². The van der Waals surface area contributed by atoms with Crippen LogP contribution in [0.4, 0.5) is 5.69 Å². The maximum atomic E-state index is 12.4. The van der Waals surface area contributed by atoms with E-state index < -0.39 is 0 Å². The number of nitrogens with one attached hydrogen (secondary N) is 2. The van der Waals surface area contributed by atoms with Gasteiger partial charge in [0.05, 0.1) is 6.04 Å². The van der Waals surface area contributed by atoms with Crippen LogP contribution in [-0.4, -0.2) is 18.5 Å². The van der Waals surface area contributed by atoms with E-state index in [0.717, 1.165) is 30.6 Å². The normalized spacial score (nSPS) is 22.0. The molecule has 1 aliphatic heterocycles. The van der Waals surface area contributed by atoms with Gasteiger partial charge in [0.15, 0.2) is 0 Å². The Labute approximate surface area is 115 Å². The highest BCUT2D eigenvalue weighted by atomic mass is 16.2. The molecule has 0 saturated carbocycles. The Balaban J connectivity index is 2.12. The molecule has 1 atom stereocenters. The summed E-state index contributed by atoms with van der Waals surface area (Å²) in [5.74, 6) is 0.0802. The average Bonchev–Trinajstić information content (AvgIpc) is 2.32. The number of amides is 1. The molecule has 1 unspecified atom stereocenters. The van der Waals surface area contributed by atoms with Crippen LogP contribution in [-0.2, 0) is 4.79 Å². The maximum absolute atomic E-state index is 12.4. The second-order valence-corrected chi connectivity index (χ2v) is 6.29. The number of piperidine rings is 1. The van der Waals surface area contributed by atoms with Crippen molar-refractivity contribution < 1.29 is 4.79 Å². The Morgan fingerprint density at radius 1 is 1.37 bits per heavy atom. The molecule has 0 radical (unpaired) electrons. The van der Waals surface area contributed by atoms with Gasteiger partial charge >= 0.3 is 0 Å². The van der Waals surface area contributed by atoms with Crippen molar-refractivity contribution in [1.82, 2.24) is 5.32 Å². The molecule has 0 aromatic heterocycles. The minimum atomic E-state index is -0.109. The lowest BCUT2D eigenvalue weighted by atomic mass is 9.77. The third-order valence-corrected chi connectivity index (χ3v) is 4.03. The highest BCUT2D eigenvalue weighted by Gasteiger charge is 2.37. The zero-order chi connectivity index (χ0) is 14.0. The number of benzene rings is 1. The van der Waals surface area contributed by atoms with Gasteiger partial charge in [-0.3, -0.25) is 4.79 Å². The Morgan fingerprint density at radius 3 is 2.74 bits per heavy atom. The first-order valence-electron chi connectivity index (χ1n) is 7.02. The highest BCUT2D eigenvalue weighted by molar-refractivity contribution is 5.96. The smallest absolute Gasteiger partial charge is 0.242 e. The van der Waals surface area contributed by atoms with Crippen LogP contribution in [0.1, 0.15) is 37.8 Å². The molecule has 0 spiro atoms. The van der Waals surface area contributed by atoms with Crippen LogP contribution in [0.5, 0.6) is 0 Å². The molecule has 104 valence electrons. The van der Waals surface area contributed by atoms with Gasteiger partial charge in [0.2, 0.25) is 5.91 Å². The van der Waals surface area contributed by atoms with Gasteiger partial charge in [-0.15, -0.1) is 0 Å². The summed E-state index contributed by atoms with van der Waals surface area (Å²) in [6.45, 7) is 9.33. The summed E-state index contributed by atoms with van der Waals surface area (Å²) in [4.78, 5) is 12.4. The SMILES string of the molecule is Cc1ccc(NC(=O)C2NCCCC2(C)C)c(C)c1. The van der Waals surface area contributed by atoms with Gasteiger partial charge in [-0.05, 0) is 50.3 Å². The van der Waals surface area contributed by atoms with Gasteiger partial charge in [-0.25, -0.2) is 0 Å². The Hall–Kier alpha value is -1.35. The molecular weight excluding hydrogens is 236 g/mol. The largest absolute Gasteiger partial charge is 0.324 e. The number of rotatable bonds is 2. The fourth-order valence-electron chi connectivity index (χ4n) is 2.82. The van der Waals surface area contributed by atoms with Crippen LogP contribution in [0, 0.1) is 19.3 Å².